The molecule has 3 aromatic carbocycles. The van der Waals surface area contributed by atoms with Crippen molar-refractivity contribution in [1.29, 1.82) is 0 Å². The fraction of sp³-hybridized carbons (Fsp3) is 0.200. The number of hydrogen-bond acceptors (Lipinski definition) is 3. The van der Waals surface area contributed by atoms with Gasteiger partial charge in [0.15, 0.2) is 5.11 Å². The van der Waals surface area contributed by atoms with E-state index in [1.165, 1.54) is 6.07 Å². The van der Waals surface area contributed by atoms with E-state index in [2.05, 4.69) is 10.6 Å². The summed E-state index contributed by atoms with van der Waals surface area (Å²) in [5, 5.41) is 5.29. The average Bonchev–Trinajstić information content (AvgIpc) is 3.34. The number of thiocarbonyl (C=S) groups is 1. The van der Waals surface area contributed by atoms with Crippen LogP contribution in [0.15, 0.2) is 72.8 Å². The molecule has 33 heavy (non-hydrogen) atoms. The molecule has 1 amide bonds. The number of nitrogens with zero attached hydrogens (tertiary/aromatic N) is 1. The molecular weight excluding hydrogens is 447 g/mol. The Hall–Kier alpha value is -3.39. The molecule has 0 aliphatic carbocycles. The predicted octanol–water partition coefficient (Wildman–Crippen LogP) is 6.10. The number of hydrogen-bond donors (Lipinski definition) is 2. The van der Waals surface area contributed by atoms with Crippen LogP contribution in [0.3, 0.4) is 0 Å². The maximum Gasteiger partial charge on any atom is 0.416 e. The Morgan fingerprint density at radius 3 is 2.15 bits per heavy atom. The standard InChI is InChI=1S/C25H22F3N3OS/c26-25(27,28)20-12-13-22(31-14-4-5-15-31)21(16-20)29-24(33)30-23(32)19-10-8-18(9-11-19)17-6-2-1-3-7-17/h1-3,6-13,16H,4-5,14-15H2,(H2,29,30,32,33). The van der Waals surface area contributed by atoms with Gasteiger partial charge < -0.3 is 10.2 Å². The number of carbonyl (C=O) groups is 1. The molecule has 1 aliphatic rings. The lowest BCUT2D eigenvalue weighted by molar-refractivity contribution is -0.137. The lowest BCUT2D eigenvalue weighted by Gasteiger charge is -2.23. The van der Waals surface area contributed by atoms with Crippen molar-refractivity contribution >= 4 is 34.6 Å². The summed E-state index contributed by atoms with van der Waals surface area (Å²) in [6, 6.07) is 20.3. The molecule has 4 rings (SSSR count). The van der Waals surface area contributed by atoms with Crippen LogP contribution in [0.1, 0.15) is 28.8 Å². The summed E-state index contributed by atoms with van der Waals surface area (Å²) in [5.74, 6) is -0.443. The number of alkyl halides is 3. The average molecular weight is 470 g/mol. The van der Waals surface area contributed by atoms with Gasteiger partial charge in [0.1, 0.15) is 0 Å². The molecule has 170 valence electrons. The second kappa shape index (κ2) is 9.62. The van der Waals surface area contributed by atoms with Crippen LogP contribution in [0.25, 0.3) is 11.1 Å². The number of nitrogens with one attached hydrogen (secondary N) is 2. The molecule has 0 unspecified atom stereocenters. The topological polar surface area (TPSA) is 44.4 Å². The maximum atomic E-state index is 13.3. The Morgan fingerprint density at radius 2 is 1.52 bits per heavy atom. The first kappa shape index (κ1) is 22.8. The van der Waals surface area contributed by atoms with Gasteiger partial charge in [-0.15, -0.1) is 0 Å². The van der Waals surface area contributed by atoms with E-state index in [0.29, 0.717) is 11.3 Å². The molecule has 8 heteroatoms. The van der Waals surface area contributed by atoms with Crippen LogP contribution in [0, 0.1) is 0 Å². The predicted molar refractivity (Wildman–Crippen MR) is 128 cm³/mol. The summed E-state index contributed by atoms with van der Waals surface area (Å²) < 4.78 is 39.8. The van der Waals surface area contributed by atoms with Gasteiger partial charge in [-0.1, -0.05) is 42.5 Å². The smallest absolute Gasteiger partial charge is 0.370 e. The van der Waals surface area contributed by atoms with E-state index in [9.17, 15) is 18.0 Å². The van der Waals surface area contributed by atoms with Gasteiger partial charge in [0, 0.05) is 18.7 Å². The third kappa shape index (κ3) is 5.51. The van der Waals surface area contributed by atoms with Gasteiger partial charge in [-0.05, 0) is 66.5 Å². The number of amides is 1. The highest BCUT2D eigenvalue weighted by molar-refractivity contribution is 7.80. The summed E-state index contributed by atoms with van der Waals surface area (Å²) >= 11 is 5.24. The van der Waals surface area contributed by atoms with Gasteiger partial charge >= 0.3 is 6.18 Å². The molecule has 0 bridgehead atoms. The van der Waals surface area contributed by atoms with Crippen LogP contribution in [0.4, 0.5) is 24.5 Å². The number of benzene rings is 3. The number of rotatable bonds is 4. The molecule has 3 aromatic rings. The summed E-state index contributed by atoms with van der Waals surface area (Å²) in [6.45, 7) is 1.51. The zero-order chi connectivity index (χ0) is 23.4. The van der Waals surface area contributed by atoms with Gasteiger partial charge in [0.25, 0.3) is 5.91 Å². The fourth-order valence-electron chi connectivity index (χ4n) is 3.82. The summed E-state index contributed by atoms with van der Waals surface area (Å²) in [4.78, 5) is 14.6. The zero-order valence-corrected chi connectivity index (χ0v) is 18.5. The second-order valence-electron chi connectivity index (χ2n) is 7.78. The van der Waals surface area contributed by atoms with Crippen molar-refractivity contribution in [1.82, 2.24) is 5.32 Å². The van der Waals surface area contributed by atoms with E-state index in [1.54, 1.807) is 12.1 Å². The van der Waals surface area contributed by atoms with Gasteiger partial charge in [-0.3, -0.25) is 10.1 Å². The lowest BCUT2D eigenvalue weighted by Crippen LogP contribution is -2.34. The van der Waals surface area contributed by atoms with Crippen molar-refractivity contribution in [2.45, 2.75) is 19.0 Å². The highest BCUT2D eigenvalue weighted by atomic mass is 32.1. The largest absolute Gasteiger partial charge is 0.416 e. The Kier molecular flexibility index (Phi) is 6.65. The summed E-state index contributed by atoms with van der Waals surface area (Å²) in [7, 11) is 0. The second-order valence-corrected chi connectivity index (χ2v) is 8.18. The molecule has 0 saturated carbocycles. The van der Waals surface area contributed by atoms with Crippen molar-refractivity contribution in [2.24, 2.45) is 0 Å². The Labute approximate surface area is 195 Å². The third-order valence-electron chi connectivity index (χ3n) is 5.50. The summed E-state index contributed by atoms with van der Waals surface area (Å²) in [5.41, 5.74) is 2.45. The van der Waals surface area contributed by atoms with Gasteiger partial charge in [0.05, 0.1) is 16.9 Å². The minimum absolute atomic E-state index is 0.0630. The van der Waals surface area contributed by atoms with Crippen molar-refractivity contribution in [3.63, 3.8) is 0 Å². The molecule has 4 nitrogen and oxygen atoms in total. The molecule has 0 aromatic heterocycles. The quantitative estimate of drug-likeness (QED) is 0.453. The first-order chi connectivity index (χ1) is 15.8. The van der Waals surface area contributed by atoms with Gasteiger partial charge in [-0.25, -0.2) is 0 Å². The highest BCUT2D eigenvalue weighted by Gasteiger charge is 2.32. The van der Waals surface area contributed by atoms with Crippen molar-refractivity contribution < 1.29 is 18.0 Å². The van der Waals surface area contributed by atoms with Crippen LogP contribution >= 0.6 is 12.2 Å². The van der Waals surface area contributed by atoms with Crippen molar-refractivity contribution in [2.75, 3.05) is 23.3 Å². The van der Waals surface area contributed by atoms with Crippen LogP contribution in [0.2, 0.25) is 0 Å². The fourth-order valence-corrected chi connectivity index (χ4v) is 4.02. The van der Waals surface area contributed by atoms with Crippen molar-refractivity contribution in [3.8, 4) is 11.1 Å². The number of halogens is 3. The van der Waals surface area contributed by atoms with Crippen LogP contribution in [0.5, 0.6) is 0 Å². The monoisotopic (exact) mass is 469 g/mol. The lowest BCUT2D eigenvalue weighted by atomic mass is 10.0. The summed E-state index contributed by atoms with van der Waals surface area (Å²) in [6.07, 6.45) is -2.54. The molecular formula is C25H22F3N3OS. The maximum absolute atomic E-state index is 13.3. The van der Waals surface area contributed by atoms with Gasteiger partial charge in [-0.2, -0.15) is 13.2 Å². The van der Waals surface area contributed by atoms with E-state index in [1.807, 2.05) is 47.4 Å². The molecule has 1 saturated heterocycles. The Bertz CT molecular complexity index is 1140. The molecule has 1 fully saturated rings. The molecule has 0 spiro atoms. The molecule has 1 aliphatic heterocycles. The minimum Gasteiger partial charge on any atom is -0.370 e. The van der Waals surface area contributed by atoms with E-state index < -0.39 is 17.6 Å². The van der Waals surface area contributed by atoms with E-state index >= 15 is 0 Å². The molecule has 0 radical (unpaired) electrons. The van der Waals surface area contributed by atoms with Gasteiger partial charge in [0.2, 0.25) is 0 Å². The Morgan fingerprint density at radius 1 is 0.879 bits per heavy atom. The molecule has 1 heterocycles. The third-order valence-corrected chi connectivity index (χ3v) is 5.70. The highest BCUT2D eigenvalue weighted by Crippen LogP contribution is 2.36. The zero-order valence-electron chi connectivity index (χ0n) is 17.7. The van der Waals surface area contributed by atoms with E-state index in [-0.39, 0.29) is 10.8 Å². The Balaban J connectivity index is 1.48. The van der Waals surface area contributed by atoms with Crippen LogP contribution in [-0.2, 0) is 6.18 Å². The number of carbonyl (C=O) groups excluding carboxylic acids is 1. The number of anilines is 2. The first-order valence-corrected chi connectivity index (χ1v) is 11.0. The SMILES string of the molecule is O=C(NC(=S)Nc1cc(C(F)(F)F)ccc1N1CCCC1)c1ccc(-c2ccccc2)cc1. The van der Waals surface area contributed by atoms with E-state index in [4.69, 9.17) is 12.2 Å². The first-order valence-electron chi connectivity index (χ1n) is 10.6. The molecule has 0 atom stereocenters. The minimum atomic E-state index is -4.48. The molecule has 2 N–H and O–H groups in total. The normalized spacial score (nSPS) is 13.6. The van der Waals surface area contributed by atoms with Crippen LogP contribution in [-0.4, -0.2) is 24.1 Å². The van der Waals surface area contributed by atoms with Crippen LogP contribution < -0.4 is 15.5 Å². The van der Waals surface area contributed by atoms with Crippen molar-refractivity contribution in [3.05, 3.63) is 83.9 Å². The van der Waals surface area contributed by atoms with E-state index in [0.717, 1.165) is 49.2 Å².